The molecule has 2 amide bonds. The van der Waals surface area contributed by atoms with Crippen molar-refractivity contribution in [3.63, 3.8) is 0 Å². The summed E-state index contributed by atoms with van der Waals surface area (Å²) in [6, 6.07) is 0. The average molecular weight is 982 g/mol. The molecule has 5 unspecified atom stereocenters. The van der Waals surface area contributed by atoms with Crippen LogP contribution in [0.15, 0.2) is 0 Å². The number of ether oxygens (including phenoxy) is 4. The highest BCUT2D eigenvalue weighted by Crippen LogP contribution is 2.47. The summed E-state index contributed by atoms with van der Waals surface area (Å²) in [4.78, 5) is 36.9. The standard InChI is InChI=1S/C49H94BrN2O10P/c1-3-5-7-9-11-13-15-17-19-21-23-25-27-29-31-38-51-48(53)60-43-35-33-40-57-45(43)47(62-63(55,56)59-42-37-50)46-44(36-34-41-58-46)61-49(54)52-39-32-30-28-26-24-22-20-18-16-14-12-10-8-6-4-2/h43-47H,3-42H2,1-2H3,(H,51,53)(H,52,54)(H,55,56). The molecule has 0 aromatic rings. The number of carbonyl (C=O) groups is 2. The number of hydrogen-bond donors (Lipinski definition) is 3. The largest absolute Gasteiger partial charge is 0.472 e. The lowest BCUT2D eigenvalue weighted by Gasteiger charge is -2.42. The Hall–Kier alpha value is -0.950. The fourth-order valence-electron chi connectivity index (χ4n) is 8.79. The Labute approximate surface area is 393 Å². The van der Waals surface area contributed by atoms with Gasteiger partial charge in [0.25, 0.3) is 0 Å². The first-order valence-corrected chi connectivity index (χ1v) is 28.8. The van der Waals surface area contributed by atoms with E-state index in [-0.39, 0.29) is 6.61 Å². The predicted molar refractivity (Wildman–Crippen MR) is 259 cm³/mol. The van der Waals surface area contributed by atoms with Gasteiger partial charge in [-0.2, -0.15) is 0 Å². The van der Waals surface area contributed by atoms with Crippen molar-refractivity contribution in [2.24, 2.45) is 0 Å². The number of amides is 2. The zero-order valence-electron chi connectivity index (χ0n) is 40.1. The van der Waals surface area contributed by atoms with Crippen LogP contribution >= 0.6 is 23.8 Å². The molecule has 3 N–H and O–H groups in total. The quantitative estimate of drug-likeness (QED) is 0.0307. The molecular weight excluding hydrogens is 887 g/mol. The van der Waals surface area contributed by atoms with Crippen molar-refractivity contribution in [2.45, 2.75) is 263 Å². The third-order valence-electron chi connectivity index (χ3n) is 12.5. The summed E-state index contributed by atoms with van der Waals surface area (Å²) >= 11 is 3.22. The van der Waals surface area contributed by atoms with Gasteiger partial charge >= 0.3 is 20.0 Å². The number of hydrogen-bond acceptors (Lipinski definition) is 9. The van der Waals surface area contributed by atoms with E-state index in [0.29, 0.717) is 57.3 Å². The van der Waals surface area contributed by atoms with E-state index in [1.165, 1.54) is 154 Å². The van der Waals surface area contributed by atoms with E-state index in [1.54, 1.807) is 0 Å². The second kappa shape index (κ2) is 40.1. The number of halogens is 1. The van der Waals surface area contributed by atoms with Crippen LogP contribution in [0, 0.1) is 0 Å². The van der Waals surface area contributed by atoms with Gasteiger partial charge < -0.3 is 34.5 Å². The Kier molecular flexibility index (Phi) is 37.1. The van der Waals surface area contributed by atoms with Gasteiger partial charge in [0.15, 0.2) is 0 Å². The maximum Gasteiger partial charge on any atom is 0.472 e. The molecule has 0 aromatic heterocycles. The lowest BCUT2D eigenvalue weighted by atomic mass is 9.92. The van der Waals surface area contributed by atoms with Gasteiger partial charge in [0.1, 0.15) is 30.5 Å². The van der Waals surface area contributed by atoms with Gasteiger partial charge in [0, 0.05) is 31.6 Å². The van der Waals surface area contributed by atoms with E-state index in [1.807, 2.05) is 0 Å². The van der Waals surface area contributed by atoms with Crippen LogP contribution in [0.3, 0.4) is 0 Å². The molecule has 5 atom stereocenters. The van der Waals surface area contributed by atoms with Crippen molar-refractivity contribution in [3.05, 3.63) is 0 Å². The topological polar surface area (TPSA) is 151 Å². The van der Waals surface area contributed by atoms with Crippen molar-refractivity contribution >= 4 is 35.9 Å². The number of carbonyl (C=O) groups excluding carboxylic acids is 2. The minimum Gasteiger partial charge on any atom is -0.443 e. The normalized spacial score (nSPS) is 20.5. The molecule has 0 radical (unpaired) electrons. The van der Waals surface area contributed by atoms with Crippen molar-refractivity contribution in [1.82, 2.24) is 10.6 Å². The number of alkyl halides is 1. The summed E-state index contributed by atoms with van der Waals surface area (Å²) in [5, 5.41) is 6.08. The van der Waals surface area contributed by atoms with Crippen LogP contribution in [-0.4, -0.2) is 85.8 Å². The first kappa shape index (κ1) is 58.2. The molecule has 0 spiro atoms. The highest BCUT2D eigenvalue weighted by molar-refractivity contribution is 9.09. The summed E-state index contributed by atoms with van der Waals surface area (Å²) < 4.78 is 48.3. The number of rotatable bonds is 41. The lowest BCUT2D eigenvalue weighted by molar-refractivity contribution is -0.190. The molecule has 2 heterocycles. The van der Waals surface area contributed by atoms with Gasteiger partial charge in [-0.05, 0) is 38.5 Å². The second-order valence-electron chi connectivity index (χ2n) is 18.2. The van der Waals surface area contributed by atoms with E-state index in [0.717, 1.165) is 38.5 Å². The van der Waals surface area contributed by atoms with E-state index in [2.05, 4.69) is 40.4 Å². The Morgan fingerprint density at radius 1 is 0.571 bits per heavy atom. The van der Waals surface area contributed by atoms with Gasteiger partial charge in [-0.3, -0.25) is 9.05 Å². The first-order chi connectivity index (χ1) is 30.8. The number of phosphoric acid groups is 1. The molecule has 0 aliphatic carbocycles. The van der Waals surface area contributed by atoms with Crippen LogP contribution in [0.25, 0.3) is 0 Å². The van der Waals surface area contributed by atoms with Crippen molar-refractivity contribution in [1.29, 1.82) is 0 Å². The van der Waals surface area contributed by atoms with E-state index in [9.17, 15) is 19.0 Å². The molecule has 0 saturated carbocycles. The van der Waals surface area contributed by atoms with E-state index in [4.69, 9.17) is 28.0 Å². The van der Waals surface area contributed by atoms with Crippen LogP contribution in [0.5, 0.6) is 0 Å². The molecule has 2 rings (SSSR count). The molecular formula is C49H94BrN2O10P. The smallest absolute Gasteiger partial charge is 0.443 e. The Morgan fingerprint density at radius 3 is 1.21 bits per heavy atom. The number of nitrogens with one attached hydrogen (secondary N) is 2. The van der Waals surface area contributed by atoms with E-state index >= 15 is 0 Å². The SMILES string of the molecule is CCCCCCCCCCCCCCCCCNC(=O)OC1CCCOC1C(OP(=O)(O)OCCBr)C1OCCCC1OC(=O)NCCCCCCCCCCCCCCCCC. The minimum absolute atomic E-state index is 0.0686. The van der Waals surface area contributed by atoms with Gasteiger partial charge in [-0.25, -0.2) is 14.2 Å². The highest BCUT2D eigenvalue weighted by Gasteiger charge is 2.49. The summed E-state index contributed by atoms with van der Waals surface area (Å²) in [5.74, 6) is 0. The number of unbranched alkanes of at least 4 members (excludes halogenated alkanes) is 28. The molecule has 14 heteroatoms. The number of alkyl carbamates (subject to hydrolysis) is 2. The Morgan fingerprint density at radius 2 is 0.889 bits per heavy atom. The lowest BCUT2D eigenvalue weighted by Crippen LogP contribution is -2.57. The summed E-state index contributed by atoms with van der Waals surface area (Å²) in [7, 11) is -4.62. The summed E-state index contributed by atoms with van der Waals surface area (Å²) in [5.41, 5.74) is 0. The van der Waals surface area contributed by atoms with Crippen LogP contribution in [0.1, 0.15) is 232 Å². The molecule has 2 aliphatic rings. The summed E-state index contributed by atoms with van der Waals surface area (Å²) in [6.45, 7) is 6.13. The van der Waals surface area contributed by atoms with Crippen molar-refractivity contribution in [3.8, 4) is 0 Å². The first-order valence-electron chi connectivity index (χ1n) is 26.1. The maximum absolute atomic E-state index is 13.2. The van der Waals surface area contributed by atoms with Crippen LogP contribution in [0.2, 0.25) is 0 Å². The Balaban J connectivity index is 1.76. The molecule has 2 saturated heterocycles. The van der Waals surface area contributed by atoms with Gasteiger partial charge in [0.05, 0.1) is 6.61 Å². The van der Waals surface area contributed by atoms with Crippen LogP contribution < -0.4 is 10.6 Å². The monoisotopic (exact) mass is 981 g/mol. The van der Waals surface area contributed by atoms with Crippen LogP contribution in [-0.2, 0) is 32.6 Å². The van der Waals surface area contributed by atoms with Gasteiger partial charge in [-0.1, -0.05) is 210 Å². The number of phosphoric ester groups is 1. The third kappa shape index (κ3) is 30.9. The fourth-order valence-corrected chi connectivity index (χ4v) is 10.1. The van der Waals surface area contributed by atoms with Gasteiger partial charge in [-0.15, -0.1) is 0 Å². The van der Waals surface area contributed by atoms with Crippen LogP contribution in [0.4, 0.5) is 9.59 Å². The van der Waals surface area contributed by atoms with Crippen molar-refractivity contribution in [2.75, 3.05) is 38.2 Å². The maximum atomic E-state index is 13.2. The third-order valence-corrected chi connectivity index (χ3v) is 13.8. The fraction of sp³-hybridized carbons (Fsp3) is 0.959. The van der Waals surface area contributed by atoms with Crippen molar-refractivity contribution < 1.29 is 47.0 Å². The Bertz CT molecular complexity index is 1070. The van der Waals surface area contributed by atoms with Gasteiger partial charge in [0.2, 0.25) is 0 Å². The average Bonchev–Trinajstić information content (AvgIpc) is 3.27. The zero-order valence-corrected chi connectivity index (χ0v) is 42.6. The molecule has 0 bridgehead atoms. The second-order valence-corrected chi connectivity index (χ2v) is 20.4. The minimum atomic E-state index is -4.62. The molecule has 12 nitrogen and oxygen atoms in total. The molecule has 2 fully saturated rings. The molecule has 63 heavy (non-hydrogen) atoms. The molecule has 0 aromatic carbocycles. The molecule has 2 aliphatic heterocycles. The summed E-state index contributed by atoms with van der Waals surface area (Å²) in [6.07, 6.45) is 34.5. The zero-order chi connectivity index (χ0) is 45.5. The van der Waals surface area contributed by atoms with E-state index < -0.39 is 50.5 Å². The highest BCUT2D eigenvalue weighted by atomic mass is 79.9. The molecule has 372 valence electrons. The predicted octanol–water partition coefficient (Wildman–Crippen LogP) is 14.2.